The molecule has 2 saturated heterocycles. The summed E-state index contributed by atoms with van der Waals surface area (Å²) in [6.07, 6.45) is 1.64. The van der Waals surface area contributed by atoms with Crippen molar-refractivity contribution in [2.75, 3.05) is 31.6 Å². The first kappa shape index (κ1) is 16.9. The van der Waals surface area contributed by atoms with Gasteiger partial charge in [0.25, 0.3) is 5.91 Å². The van der Waals surface area contributed by atoms with E-state index in [1.54, 1.807) is 17.0 Å². The quantitative estimate of drug-likeness (QED) is 0.880. The Bertz CT molecular complexity index is 625. The Morgan fingerprint density at radius 2 is 2.00 bits per heavy atom. The number of amides is 2. The minimum Gasteiger partial charge on any atom is -0.391 e. The third-order valence-corrected chi connectivity index (χ3v) is 4.79. The molecule has 3 rings (SSSR count). The molecule has 2 N–H and O–H groups in total. The molecule has 24 heavy (non-hydrogen) atoms. The summed E-state index contributed by atoms with van der Waals surface area (Å²) in [5, 5.41) is 12.6. The van der Waals surface area contributed by atoms with Gasteiger partial charge in [0.1, 0.15) is 0 Å². The van der Waals surface area contributed by atoms with Crippen molar-refractivity contribution < 1.29 is 19.4 Å². The van der Waals surface area contributed by atoms with Gasteiger partial charge in [-0.15, -0.1) is 0 Å². The van der Waals surface area contributed by atoms with Crippen LogP contribution < -0.4 is 5.32 Å². The highest BCUT2D eigenvalue weighted by molar-refractivity contribution is 5.98. The summed E-state index contributed by atoms with van der Waals surface area (Å²) < 4.78 is 5.29. The highest BCUT2D eigenvalue weighted by Gasteiger charge is 2.26. The maximum absolute atomic E-state index is 12.5. The van der Waals surface area contributed by atoms with Gasteiger partial charge in [0.15, 0.2) is 0 Å². The van der Waals surface area contributed by atoms with Crippen LogP contribution in [0.15, 0.2) is 18.2 Å². The van der Waals surface area contributed by atoms with E-state index in [1.807, 2.05) is 13.0 Å². The van der Waals surface area contributed by atoms with Gasteiger partial charge < -0.3 is 20.1 Å². The number of hydrogen-bond acceptors (Lipinski definition) is 4. The summed E-state index contributed by atoms with van der Waals surface area (Å²) in [5.74, 6) is -0.151. The zero-order chi connectivity index (χ0) is 17.1. The summed E-state index contributed by atoms with van der Waals surface area (Å²) in [7, 11) is 0. The van der Waals surface area contributed by atoms with Crippen molar-refractivity contribution in [3.63, 3.8) is 0 Å². The van der Waals surface area contributed by atoms with Crippen LogP contribution in [0, 0.1) is 12.8 Å². The lowest BCUT2D eigenvalue weighted by molar-refractivity contribution is -0.122. The van der Waals surface area contributed by atoms with Gasteiger partial charge in [-0.05, 0) is 43.9 Å². The zero-order valence-corrected chi connectivity index (χ0v) is 14.0. The highest BCUT2D eigenvalue weighted by atomic mass is 16.5. The van der Waals surface area contributed by atoms with Gasteiger partial charge >= 0.3 is 0 Å². The third-order valence-electron chi connectivity index (χ3n) is 4.79. The van der Waals surface area contributed by atoms with E-state index in [9.17, 15) is 14.7 Å². The van der Waals surface area contributed by atoms with Gasteiger partial charge in [-0.2, -0.15) is 0 Å². The molecule has 2 heterocycles. The molecule has 0 aromatic heterocycles. The first-order valence-electron chi connectivity index (χ1n) is 8.51. The van der Waals surface area contributed by atoms with E-state index < -0.39 is 6.10 Å². The Morgan fingerprint density at radius 3 is 2.67 bits per heavy atom. The number of aliphatic hydroxyl groups is 1. The molecular formula is C18H24N2O4. The topological polar surface area (TPSA) is 78.9 Å². The lowest BCUT2D eigenvalue weighted by atomic mass is 9.99. The molecule has 1 aromatic carbocycles. The van der Waals surface area contributed by atoms with Crippen LogP contribution in [0.2, 0.25) is 0 Å². The fourth-order valence-electron chi connectivity index (χ4n) is 3.19. The Morgan fingerprint density at radius 1 is 1.25 bits per heavy atom. The van der Waals surface area contributed by atoms with Gasteiger partial charge in [0.2, 0.25) is 5.91 Å². The number of benzene rings is 1. The number of nitrogens with zero attached hydrogens (tertiary/aromatic N) is 1. The van der Waals surface area contributed by atoms with Crippen LogP contribution in [0.25, 0.3) is 0 Å². The number of aliphatic hydroxyl groups excluding tert-OH is 1. The number of ether oxygens (including phenoxy) is 1. The lowest BCUT2D eigenvalue weighted by Crippen LogP contribution is -2.30. The number of β-amino-alcohol motifs (C(OH)–C–C–N with tert-alkyl or cyclic N) is 1. The number of hydrogen-bond donors (Lipinski definition) is 2. The summed E-state index contributed by atoms with van der Waals surface area (Å²) in [4.78, 5) is 26.6. The van der Waals surface area contributed by atoms with Gasteiger partial charge in [-0.1, -0.05) is 6.07 Å². The normalized spacial score (nSPS) is 21.8. The van der Waals surface area contributed by atoms with Crippen molar-refractivity contribution in [2.24, 2.45) is 5.92 Å². The first-order valence-corrected chi connectivity index (χ1v) is 8.51. The van der Waals surface area contributed by atoms with Crippen LogP contribution in [-0.4, -0.2) is 54.2 Å². The molecule has 0 saturated carbocycles. The molecule has 1 atom stereocenters. The molecule has 2 aliphatic rings. The maximum Gasteiger partial charge on any atom is 0.254 e. The van der Waals surface area contributed by atoms with E-state index in [2.05, 4.69) is 5.32 Å². The summed E-state index contributed by atoms with van der Waals surface area (Å²) in [5.41, 5.74) is 2.14. The molecule has 0 spiro atoms. The first-order chi connectivity index (χ1) is 11.5. The number of nitrogens with one attached hydrogen (secondary N) is 1. The highest BCUT2D eigenvalue weighted by Crippen LogP contribution is 2.23. The average molecular weight is 332 g/mol. The number of carbonyl (C=O) groups is 2. The summed E-state index contributed by atoms with van der Waals surface area (Å²) in [6, 6.07) is 5.35. The van der Waals surface area contributed by atoms with Gasteiger partial charge in [-0.25, -0.2) is 0 Å². The predicted octanol–water partition coefficient (Wildman–Crippen LogP) is 1.57. The van der Waals surface area contributed by atoms with Crippen LogP contribution in [0.5, 0.6) is 0 Å². The minimum atomic E-state index is -0.438. The second-order valence-electron chi connectivity index (χ2n) is 6.60. The molecule has 0 bridgehead atoms. The smallest absolute Gasteiger partial charge is 0.254 e. The van der Waals surface area contributed by atoms with Crippen LogP contribution in [0.4, 0.5) is 5.69 Å². The minimum absolute atomic E-state index is 0.0115. The zero-order valence-electron chi connectivity index (χ0n) is 14.0. The standard InChI is InChI=1S/C18H24N2O4/c1-12-2-3-14(18(23)20-7-4-15(21)11-20)10-16(12)19-17(22)13-5-8-24-9-6-13/h2-3,10,13,15,21H,4-9,11H2,1H3,(H,19,22)/t15-/m1/s1. The number of likely N-dealkylation sites (tertiary alicyclic amines) is 1. The van der Waals surface area contributed by atoms with Crippen molar-refractivity contribution in [1.29, 1.82) is 0 Å². The van der Waals surface area contributed by atoms with E-state index in [0.29, 0.717) is 44.0 Å². The van der Waals surface area contributed by atoms with Crippen molar-refractivity contribution in [3.8, 4) is 0 Å². The van der Waals surface area contributed by atoms with Crippen molar-refractivity contribution in [1.82, 2.24) is 4.90 Å². The number of anilines is 1. The van der Waals surface area contributed by atoms with Crippen molar-refractivity contribution >= 4 is 17.5 Å². The molecular weight excluding hydrogens is 308 g/mol. The SMILES string of the molecule is Cc1ccc(C(=O)N2CC[C@@H](O)C2)cc1NC(=O)C1CCOCC1. The van der Waals surface area contributed by atoms with Crippen LogP contribution in [-0.2, 0) is 9.53 Å². The van der Waals surface area contributed by atoms with E-state index in [-0.39, 0.29) is 17.7 Å². The molecule has 0 unspecified atom stereocenters. The Hall–Kier alpha value is -1.92. The van der Waals surface area contributed by atoms with E-state index in [0.717, 1.165) is 18.4 Å². The monoisotopic (exact) mass is 332 g/mol. The largest absolute Gasteiger partial charge is 0.391 e. The molecule has 0 radical (unpaired) electrons. The lowest BCUT2D eigenvalue weighted by Gasteiger charge is -2.22. The number of carbonyl (C=O) groups excluding carboxylic acids is 2. The Labute approximate surface area is 141 Å². The van der Waals surface area contributed by atoms with Gasteiger partial charge in [-0.3, -0.25) is 9.59 Å². The molecule has 1 aromatic rings. The molecule has 2 fully saturated rings. The summed E-state index contributed by atoms with van der Waals surface area (Å²) >= 11 is 0. The van der Waals surface area contributed by atoms with Crippen molar-refractivity contribution in [2.45, 2.75) is 32.3 Å². The molecule has 130 valence electrons. The Balaban J connectivity index is 1.71. The second-order valence-corrected chi connectivity index (χ2v) is 6.60. The van der Waals surface area contributed by atoms with Gasteiger partial charge in [0.05, 0.1) is 6.10 Å². The fraction of sp³-hybridized carbons (Fsp3) is 0.556. The second kappa shape index (κ2) is 7.32. The van der Waals surface area contributed by atoms with Crippen molar-refractivity contribution in [3.05, 3.63) is 29.3 Å². The van der Waals surface area contributed by atoms with Gasteiger partial charge in [0, 0.05) is 43.5 Å². The van der Waals surface area contributed by atoms with E-state index in [1.165, 1.54) is 0 Å². The summed E-state index contributed by atoms with van der Waals surface area (Å²) in [6.45, 7) is 4.08. The maximum atomic E-state index is 12.5. The van der Waals surface area contributed by atoms with E-state index in [4.69, 9.17) is 4.74 Å². The molecule has 2 aliphatic heterocycles. The van der Waals surface area contributed by atoms with Crippen LogP contribution in [0.1, 0.15) is 35.2 Å². The fourth-order valence-corrected chi connectivity index (χ4v) is 3.19. The molecule has 2 amide bonds. The number of rotatable bonds is 3. The predicted molar refractivity (Wildman–Crippen MR) is 89.9 cm³/mol. The molecule has 6 nitrogen and oxygen atoms in total. The molecule has 6 heteroatoms. The van der Waals surface area contributed by atoms with Crippen LogP contribution >= 0.6 is 0 Å². The molecule has 0 aliphatic carbocycles. The van der Waals surface area contributed by atoms with Crippen LogP contribution in [0.3, 0.4) is 0 Å². The Kier molecular flexibility index (Phi) is 5.16. The van der Waals surface area contributed by atoms with E-state index >= 15 is 0 Å². The average Bonchev–Trinajstić information content (AvgIpc) is 3.03. The third kappa shape index (κ3) is 3.76. The number of aryl methyl sites for hydroxylation is 1.